The molecule has 2 rings (SSSR count). The van der Waals surface area contributed by atoms with Crippen LogP contribution < -0.4 is 14.5 Å². The number of rotatable bonds is 6. The molecular weight excluding hydrogens is 280 g/mol. The molecule has 1 aliphatic heterocycles. The van der Waals surface area contributed by atoms with Crippen molar-refractivity contribution in [2.24, 2.45) is 0 Å². The van der Waals surface area contributed by atoms with E-state index in [1.54, 1.807) is 7.11 Å². The van der Waals surface area contributed by atoms with E-state index in [1.165, 1.54) is 0 Å². The molecule has 1 unspecified atom stereocenters. The molecule has 0 bridgehead atoms. The minimum atomic E-state index is -0.290. The predicted molar refractivity (Wildman–Crippen MR) is 78.3 cm³/mol. The number of fused-ring (bicyclic) bond motifs is 1. The number of carbonyl (C=O) groups excluding carboxylic acids is 1. The third-order valence-corrected chi connectivity index (χ3v) is 3.58. The lowest BCUT2D eigenvalue weighted by Crippen LogP contribution is -2.42. The fourth-order valence-electron chi connectivity index (χ4n) is 2.51. The number of anilines is 1. The van der Waals surface area contributed by atoms with Crippen molar-refractivity contribution < 1.29 is 14.3 Å². The Morgan fingerprint density at radius 2 is 2.35 bits per heavy atom. The van der Waals surface area contributed by atoms with Crippen LogP contribution in [0.25, 0.3) is 0 Å². The van der Waals surface area contributed by atoms with E-state index in [0.29, 0.717) is 26.1 Å². The second-order valence-electron chi connectivity index (χ2n) is 4.54. The largest absolute Gasteiger partial charge is 0.497 e. The van der Waals surface area contributed by atoms with Crippen LogP contribution >= 0.6 is 11.8 Å². The second kappa shape index (κ2) is 6.81. The molecule has 20 heavy (non-hydrogen) atoms. The summed E-state index contributed by atoms with van der Waals surface area (Å²) >= 11 is 5.53. The number of hydrogen-bond donors (Lipinski definition) is 1. The molecule has 0 aromatic heterocycles. The Hall–Kier alpha value is -1.46. The highest BCUT2D eigenvalue weighted by Gasteiger charge is 2.35. The Morgan fingerprint density at radius 1 is 1.55 bits per heavy atom. The fourth-order valence-corrected chi connectivity index (χ4v) is 2.59. The SMILES string of the molecule is CCOC(=O)C1Cc2cc(OC)ccc2N1CCNCl. The van der Waals surface area contributed by atoms with Crippen molar-refractivity contribution in [2.75, 3.05) is 31.7 Å². The van der Waals surface area contributed by atoms with E-state index in [1.807, 2.05) is 30.0 Å². The van der Waals surface area contributed by atoms with E-state index < -0.39 is 0 Å². The van der Waals surface area contributed by atoms with Crippen molar-refractivity contribution in [3.8, 4) is 5.75 Å². The molecule has 110 valence electrons. The van der Waals surface area contributed by atoms with Crippen molar-refractivity contribution in [1.29, 1.82) is 0 Å². The quantitative estimate of drug-likeness (QED) is 0.640. The zero-order chi connectivity index (χ0) is 14.5. The van der Waals surface area contributed by atoms with Gasteiger partial charge in [0.05, 0.1) is 13.7 Å². The van der Waals surface area contributed by atoms with Gasteiger partial charge in [0, 0.05) is 25.2 Å². The summed E-state index contributed by atoms with van der Waals surface area (Å²) in [5.41, 5.74) is 2.13. The van der Waals surface area contributed by atoms with E-state index in [9.17, 15) is 4.79 Å². The molecule has 1 aromatic carbocycles. The van der Waals surface area contributed by atoms with Gasteiger partial charge in [-0.05, 0) is 42.5 Å². The summed E-state index contributed by atoms with van der Waals surface area (Å²) in [5.74, 6) is 0.598. The average Bonchev–Trinajstić information content (AvgIpc) is 2.83. The molecule has 5 nitrogen and oxygen atoms in total. The standard InChI is InChI=1S/C14H19ClN2O3/c1-3-20-14(18)13-9-10-8-11(19-2)4-5-12(10)17(13)7-6-16-15/h4-5,8,13,16H,3,6-7,9H2,1-2H3. The van der Waals surface area contributed by atoms with Gasteiger partial charge in [0.2, 0.25) is 0 Å². The number of benzene rings is 1. The minimum absolute atomic E-state index is 0.197. The Balaban J connectivity index is 2.24. The van der Waals surface area contributed by atoms with Crippen LogP contribution in [0.5, 0.6) is 5.75 Å². The van der Waals surface area contributed by atoms with Crippen LogP contribution in [0.4, 0.5) is 5.69 Å². The Labute approximate surface area is 123 Å². The Bertz CT molecular complexity index is 481. The van der Waals surface area contributed by atoms with E-state index in [2.05, 4.69) is 4.84 Å². The maximum atomic E-state index is 12.1. The number of ether oxygens (including phenoxy) is 2. The summed E-state index contributed by atoms with van der Waals surface area (Å²) in [6, 6.07) is 5.55. The third-order valence-electron chi connectivity index (χ3n) is 3.39. The highest BCUT2D eigenvalue weighted by molar-refractivity contribution is 6.13. The van der Waals surface area contributed by atoms with Gasteiger partial charge in [0.25, 0.3) is 0 Å². The molecule has 6 heteroatoms. The maximum Gasteiger partial charge on any atom is 0.329 e. The van der Waals surface area contributed by atoms with Gasteiger partial charge in [-0.1, -0.05) is 0 Å². The van der Waals surface area contributed by atoms with E-state index in [4.69, 9.17) is 21.3 Å². The molecule has 0 fully saturated rings. The maximum absolute atomic E-state index is 12.1. The number of nitrogens with one attached hydrogen (secondary N) is 1. The van der Waals surface area contributed by atoms with Gasteiger partial charge < -0.3 is 14.4 Å². The van der Waals surface area contributed by atoms with Gasteiger partial charge in [-0.15, -0.1) is 0 Å². The molecule has 0 saturated carbocycles. The topological polar surface area (TPSA) is 50.8 Å². The van der Waals surface area contributed by atoms with Crippen LogP contribution in [0, 0.1) is 0 Å². The van der Waals surface area contributed by atoms with Crippen LogP contribution in [0.3, 0.4) is 0 Å². The highest BCUT2D eigenvalue weighted by atomic mass is 35.5. The van der Waals surface area contributed by atoms with Gasteiger partial charge in [0.15, 0.2) is 0 Å². The molecular formula is C14H19ClN2O3. The third kappa shape index (κ3) is 2.99. The first-order valence-electron chi connectivity index (χ1n) is 6.65. The first kappa shape index (κ1) is 14.9. The zero-order valence-electron chi connectivity index (χ0n) is 11.7. The molecule has 0 radical (unpaired) electrons. The Morgan fingerprint density at radius 3 is 3.00 bits per heavy atom. The van der Waals surface area contributed by atoms with Crippen LogP contribution in [-0.2, 0) is 16.0 Å². The molecule has 0 aliphatic carbocycles. The number of esters is 1. The number of hydrogen-bond acceptors (Lipinski definition) is 5. The average molecular weight is 299 g/mol. The van der Waals surface area contributed by atoms with E-state index in [0.717, 1.165) is 17.0 Å². The monoisotopic (exact) mass is 298 g/mol. The molecule has 1 N–H and O–H groups in total. The van der Waals surface area contributed by atoms with Gasteiger partial charge in [0.1, 0.15) is 11.8 Å². The van der Waals surface area contributed by atoms with Gasteiger partial charge >= 0.3 is 5.97 Å². The number of nitrogens with zero attached hydrogens (tertiary/aromatic N) is 1. The molecule has 1 aliphatic rings. The van der Waals surface area contributed by atoms with E-state index in [-0.39, 0.29) is 12.0 Å². The van der Waals surface area contributed by atoms with Crippen LogP contribution in [-0.4, -0.2) is 38.8 Å². The summed E-state index contributed by atoms with van der Waals surface area (Å²) in [4.78, 5) is 16.7. The van der Waals surface area contributed by atoms with Crippen molar-refractivity contribution >= 4 is 23.4 Å². The van der Waals surface area contributed by atoms with Crippen molar-refractivity contribution in [1.82, 2.24) is 4.84 Å². The van der Waals surface area contributed by atoms with Gasteiger partial charge in [-0.3, -0.25) is 0 Å². The minimum Gasteiger partial charge on any atom is -0.497 e. The molecule has 0 amide bonds. The lowest BCUT2D eigenvalue weighted by Gasteiger charge is -2.25. The van der Waals surface area contributed by atoms with Crippen molar-refractivity contribution in [2.45, 2.75) is 19.4 Å². The summed E-state index contributed by atoms with van der Waals surface area (Å²) in [6.45, 7) is 3.43. The fraction of sp³-hybridized carbons (Fsp3) is 0.500. The molecule has 1 atom stereocenters. The summed E-state index contributed by atoms with van der Waals surface area (Å²) in [7, 11) is 1.63. The number of carbonyl (C=O) groups is 1. The smallest absolute Gasteiger partial charge is 0.329 e. The molecule has 1 aromatic rings. The summed E-state index contributed by atoms with van der Waals surface area (Å²) in [5, 5.41) is 0. The molecule has 0 spiro atoms. The Kier molecular flexibility index (Phi) is 5.09. The van der Waals surface area contributed by atoms with Crippen molar-refractivity contribution in [3.05, 3.63) is 23.8 Å². The second-order valence-corrected chi connectivity index (χ2v) is 4.81. The normalized spacial score (nSPS) is 16.9. The van der Waals surface area contributed by atoms with Crippen LogP contribution in [0.2, 0.25) is 0 Å². The van der Waals surface area contributed by atoms with Crippen LogP contribution in [0.15, 0.2) is 18.2 Å². The summed E-state index contributed by atoms with van der Waals surface area (Å²) in [6.07, 6.45) is 0.633. The number of halogens is 1. The van der Waals surface area contributed by atoms with Gasteiger partial charge in [-0.25, -0.2) is 9.63 Å². The lowest BCUT2D eigenvalue weighted by molar-refractivity contribution is -0.144. The van der Waals surface area contributed by atoms with E-state index >= 15 is 0 Å². The summed E-state index contributed by atoms with van der Waals surface area (Å²) < 4.78 is 10.4. The highest BCUT2D eigenvalue weighted by Crippen LogP contribution is 2.35. The number of methoxy groups -OCH3 is 1. The van der Waals surface area contributed by atoms with Crippen LogP contribution in [0.1, 0.15) is 12.5 Å². The molecule has 0 saturated heterocycles. The zero-order valence-corrected chi connectivity index (χ0v) is 12.4. The van der Waals surface area contributed by atoms with Gasteiger partial charge in [-0.2, -0.15) is 0 Å². The molecule has 1 heterocycles. The van der Waals surface area contributed by atoms with Crippen molar-refractivity contribution in [3.63, 3.8) is 0 Å². The first-order valence-corrected chi connectivity index (χ1v) is 7.02. The predicted octanol–water partition coefficient (Wildman–Crippen LogP) is 1.73. The lowest BCUT2D eigenvalue weighted by atomic mass is 10.1. The first-order chi connectivity index (χ1) is 9.71.